The van der Waals surface area contributed by atoms with Crippen LogP contribution in [0.25, 0.3) is 10.9 Å². The Bertz CT molecular complexity index is 1500. The van der Waals surface area contributed by atoms with Crippen molar-refractivity contribution >= 4 is 32.1 Å². The molecule has 0 amide bonds. The van der Waals surface area contributed by atoms with E-state index in [2.05, 4.69) is 41.5 Å². The Morgan fingerprint density at radius 2 is 1.77 bits per heavy atom. The fourth-order valence-corrected chi connectivity index (χ4v) is 5.60. The summed E-state index contributed by atoms with van der Waals surface area (Å²) in [5.41, 5.74) is 1.44. The van der Waals surface area contributed by atoms with E-state index in [1.807, 2.05) is 6.07 Å². The molecule has 0 unspecified atom stereocenters. The number of benzene rings is 2. The van der Waals surface area contributed by atoms with E-state index in [9.17, 15) is 26.0 Å². The summed E-state index contributed by atoms with van der Waals surface area (Å²) in [5, 5.41) is 6.95. The van der Waals surface area contributed by atoms with E-state index in [1.54, 1.807) is 18.2 Å². The van der Waals surface area contributed by atoms with Crippen LogP contribution in [0.1, 0.15) is 31.4 Å². The summed E-state index contributed by atoms with van der Waals surface area (Å²) in [5.74, 6) is 4.80. The maximum Gasteiger partial charge on any atom is 0.406 e. The van der Waals surface area contributed by atoms with Crippen LogP contribution in [0.2, 0.25) is 0 Å². The number of nitrogens with zero attached hydrogens (tertiary/aromatic N) is 2. The van der Waals surface area contributed by atoms with Gasteiger partial charge >= 0.3 is 6.18 Å². The van der Waals surface area contributed by atoms with E-state index in [1.165, 1.54) is 12.1 Å². The van der Waals surface area contributed by atoms with Gasteiger partial charge in [0.1, 0.15) is 12.4 Å². The first-order valence-electron chi connectivity index (χ1n) is 12.7. The predicted octanol–water partition coefficient (Wildman–Crippen LogP) is 5.49. The second-order valence-corrected chi connectivity index (χ2v) is 12.2. The number of hydrogen-bond donors (Lipinski definition) is 2. The largest absolute Gasteiger partial charge is 0.406 e. The van der Waals surface area contributed by atoms with Crippen LogP contribution >= 0.6 is 0 Å². The summed E-state index contributed by atoms with van der Waals surface area (Å²) in [4.78, 5) is 2.08. The standard InChI is InChI=1S/C28H32F4N4O2S/c1-35(2)20-11-9-19(10-12-20)34-25-7-4-8-27-23(25)16-21(36(27)18-28(30,31)32)6-5-15-33-26-14-13-22(17-24(26)29)39(3,37)38/h4,7-8,13-14,16-17,19-20,33-34H,9-12,15,18H2,1-3H3/t19-,20-. The highest BCUT2D eigenvalue weighted by Gasteiger charge is 2.30. The third-order valence-electron chi connectivity index (χ3n) is 7.02. The molecule has 210 valence electrons. The second-order valence-electron chi connectivity index (χ2n) is 10.2. The van der Waals surface area contributed by atoms with Crippen LogP contribution in [0, 0.1) is 17.7 Å². The highest BCUT2D eigenvalue weighted by Crippen LogP contribution is 2.32. The third-order valence-corrected chi connectivity index (χ3v) is 8.13. The first-order chi connectivity index (χ1) is 18.3. The smallest absolute Gasteiger partial charge is 0.382 e. The summed E-state index contributed by atoms with van der Waals surface area (Å²) in [6, 6.07) is 11.2. The zero-order valence-electron chi connectivity index (χ0n) is 22.1. The molecule has 2 N–H and O–H groups in total. The summed E-state index contributed by atoms with van der Waals surface area (Å²) < 4.78 is 79.1. The normalized spacial score (nSPS) is 18.2. The lowest BCUT2D eigenvalue weighted by molar-refractivity contribution is -0.140. The lowest BCUT2D eigenvalue weighted by atomic mass is 9.90. The fourth-order valence-electron chi connectivity index (χ4n) is 4.96. The summed E-state index contributed by atoms with van der Waals surface area (Å²) in [7, 11) is 0.598. The number of hydrogen-bond acceptors (Lipinski definition) is 5. The van der Waals surface area contributed by atoms with Crippen molar-refractivity contribution in [1.82, 2.24) is 9.47 Å². The molecular formula is C28H32F4N4O2S. The lowest BCUT2D eigenvalue weighted by Gasteiger charge is -2.33. The molecule has 3 aromatic rings. The van der Waals surface area contributed by atoms with Gasteiger partial charge in [0.2, 0.25) is 0 Å². The fraction of sp³-hybridized carbons (Fsp3) is 0.429. The molecule has 4 rings (SSSR count). The first-order valence-corrected chi connectivity index (χ1v) is 14.6. The average Bonchev–Trinajstić information content (AvgIpc) is 3.19. The maximum absolute atomic E-state index is 14.3. The highest BCUT2D eigenvalue weighted by atomic mass is 32.2. The van der Waals surface area contributed by atoms with Gasteiger partial charge in [0.15, 0.2) is 9.84 Å². The zero-order valence-corrected chi connectivity index (χ0v) is 22.9. The van der Waals surface area contributed by atoms with Crippen molar-refractivity contribution in [3.8, 4) is 11.8 Å². The summed E-state index contributed by atoms with van der Waals surface area (Å²) >= 11 is 0. The van der Waals surface area contributed by atoms with Crippen molar-refractivity contribution in [1.29, 1.82) is 0 Å². The van der Waals surface area contributed by atoms with Gasteiger partial charge in [0.05, 0.1) is 28.3 Å². The van der Waals surface area contributed by atoms with Gasteiger partial charge in [-0.05, 0) is 82.1 Å². The zero-order chi connectivity index (χ0) is 28.4. The van der Waals surface area contributed by atoms with Crippen LogP contribution in [0.4, 0.5) is 28.9 Å². The van der Waals surface area contributed by atoms with Crippen LogP contribution in [0.3, 0.4) is 0 Å². The van der Waals surface area contributed by atoms with Crippen molar-refractivity contribution in [2.45, 2.75) is 55.4 Å². The van der Waals surface area contributed by atoms with Crippen LogP contribution in [-0.4, -0.2) is 63.0 Å². The Balaban J connectivity index is 1.56. The van der Waals surface area contributed by atoms with Gasteiger partial charge in [0, 0.05) is 29.4 Å². The summed E-state index contributed by atoms with van der Waals surface area (Å²) in [6.45, 7) is -1.24. The van der Waals surface area contributed by atoms with Gasteiger partial charge in [0.25, 0.3) is 0 Å². The van der Waals surface area contributed by atoms with Gasteiger partial charge in [-0.3, -0.25) is 0 Å². The van der Waals surface area contributed by atoms with E-state index < -0.39 is 28.4 Å². The Morgan fingerprint density at radius 1 is 1.05 bits per heavy atom. The van der Waals surface area contributed by atoms with Crippen LogP contribution < -0.4 is 10.6 Å². The number of nitrogens with one attached hydrogen (secondary N) is 2. The van der Waals surface area contributed by atoms with Gasteiger partial charge < -0.3 is 20.1 Å². The molecule has 1 saturated carbocycles. The monoisotopic (exact) mass is 564 g/mol. The quantitative estimate of drug-likeness (QED) is 0.293. The van der Waals surface area contributed by atoms with Gasteiger partial charge in [-0.25, -0.2) is 12.8 Å². The number of alkyl halides is 3. The molecule has 1 fully saturated rings. The highest BCUT2D eigenvalue weighted by molar-refractivity contribution is 7.90. The molecule has 0 saturated heterocycles. The average molecular weight is 565 g/mol. The molecule has 1 aliphatic rings. The Morgan fingerprint density at radius 3 is 2.38 bits per heavy atom. The Labute approximate surface area is 226 Å². The van der Waals surface area contributed by atoms with Gasteiger partial charge in [-0.1, -0.05) is 12.0 Å². The minimum absolute atomic E-state index is 0.0445. The van der Waals surface area contributed by atoms with Crippen molar-refractivity contribution in [2.75, 3.05) is 37.5 Å². The van der Waals surface area contributed by atoms with Crippen LogP contribution in [0.15, 0.2) is 47.4 Å². The Kier molecular flexibility index (Phi) is 8.47. The van der Waals surface area contributed by atoms with E-state index in [0.717, 1.165) is 48.3 Å². The lowest BCUT2D eigenvalue weighted by Crippen LogP contribution is -2.36. The minimum atomic E-state index is -4.45. The molecule has 6 nitrogen and oxygen atoms in total. The topological polar surface area (TPSA) is 66.4 Å². The van der Waals surface area contributed by atoms with Gasteiger partial charge in [-0.15, -0.1) is 0 Å². The van der Waals surface area contributed by atoms with E-state index >= 15 is 0 Å². The minimum Gasteiger partial charge on any atom is -0.382 e. The van der Waals surface area contributed by atoms with Crippen molar-refractivity contribution in [3.05, 3.63) is 54.0 Å². The predicted molar refractivity (Wildman–Crippen MR) is 146 cm³/mol. The maximum atomic E-state index is 14.3. The molecule has 2 aromatic carbocycles. The van der Waals surface area contributed by atoms with E-state index in [0.29, 0.717) is 16.9 Å². The van der Waals surface area contributed by atoms with Crippen molar-refractivity contribution in [3.63, 3.8) is 0 Å². The van der Waals surface area contributed by atoms with Crippen molar-refractivity contribution < 1.29 is 26.0 Å². The van der Waals surface area contributed by atoms with Gasteiger partial charge in [-0.2, -0.15) is 13.2 Å². The number of halogens is 4. The third kappa shape index (κ3) is 7.25. The molecule has 0 radical (unpaired) electrons. The first kappa shape index (κ1) is 28.8. The Hall–Kier alpha value is -3.23. The SMILES string of the molecule is CN(C)[C@H]1CC[C@H](Nc2cccc3c2cc(C#CCNc2ccc(S(C)(=O)=O)cc2F)n3CC(F)(F)F)CC1. The summed E-state index contributed by atoms with van der Waals surface area (Å²) in [6.07, 6.45) is 0.592. The molecule has 11 heteroatoms. The molecule has 0 spiro atoms. The number of anilines is 2. The molecule has 0 bridgehead atoms. The molecular weight excluding hydrogens is 532 g/mol. The van der Waals surface area contributed by atoms with E-state index in [-0.39, 0.29) is 28.9 Å². The van der Waals surface area contributed by atoms with Crippen LogP contribution in [-0.2, 0) is 16.4 Å². The molecule has 39 heavy (non-hydrogen) atoms. The number of aromatic nitrogens is 1. The van der Waals surface area contributed by atoms with E-state index in [4.69, 9.17) is 0 Å². The molecule has 1 aromatic heterocycles. The second kappa shape index (κ2) is 11.5. The number of rotatable bonds is 7. The molecule has 0 atom stereocenters. The number of sulfone groups is 1. The number of fused-ring (bicyclic) bond motifs is 1. The van der Waals surface area contributed by atoms with Crippen LogP contribution in [0.5, 0.6) is 0 Å². The molecule has 1 heterocycles. The van der Waals surface area contributed by atoms with Crippen molar-refractivity contribution in [2.24, 2.45) is 0 Å². The molecule has 0 aliphatic heterocycles. The molecule has 1 aliphatic carbocycles.